The Morgan fingerprint density at radius 2 is 1.97 bits per heavy atom. The average molecular weight is 462 g/mol. The summed E-state index contributed by atoms with van der Waals surface area (Å²) in [7, 11) is 1.86. The molecule has 1 aromatic carbocycles. The summed E-state index contributed by atoms with van der Waals surface area (Å²) in [5, 5.41) is 10.4. The van der Waals surface area contributed by atoms with Gasteiger partial charge in [-0.3, -0.25) is 14.4 Å². The number of carbonyl (C=O) groups is 1. The Morgan fingerprint density at radius 1 is 1.15 bits per heavy atom. The minimum atomic E-state index is -0.116. The van der Waals surface area contributed by atoms with Gasteiger partial charge in [0.05, 0.1) is 40.4 Å². The molecule has 8 heteroatoms. The zero-order valence-electron chi connectivity index (χ0n) is 18.9. The van der Waals surface area contributed by atoms with Crippen LogP contribution < -0.4 is 5.32 Å². The Bertz CT molecular complexity index is 1280. The normalized spacial score (nSPS) is 14.6. The molecule has 0 unspecified atom stereocenters. The predicted molar refractivity (Wildman–Crippen MR) is 130 cm³/mol. The van der Waals surface area contributed by atoms with Crippen molar-refractivity contribution in [3.05, 3.63) is 70.2 Å². The molecule has 5 rings (SSSR count). The first-order valence-electron chi connectivity index (χ1n) is 11.1. The van der Waals surface area contributed by atoms with Gasteiger partial charge in [-0.1, -0.05) is 30.3 Å². The average Bonchev–Trinajstić information content (AvgIpc) is 3.46. The highest BCUT2D eigenvalue weighted by Crippen LogP contribution is 2.29. The molecule has 1 aliphatic heterocycles. The van der Waals surface area contributed by atoms with Gasteiger partial charge in [0.15, 0.2) is 5.65 Å². The molecule has 0 atom stereocenters. The molecule has 4 heterocycles. The second kappa shape index (κ2) is 9.43. The van der Waals surface area contributed by atoms with Crippen LogP contribution in [-0.4, -0.2) is 51.9 Å². The highest BCUT2D eigenvalue weighted by atomic mass is 32.1. The van der Waals surface area contributed by atoms with Gasteiger partial charge in [0.1, 0.15) is 0 Å². The maximum Gasteiger partial charge on any atom is 0.252 e. The summed E-state index contributed by atoms with van der Waals surface area (Å²) in [5.41, 5.74) is 5.25. The zero-order chi connectivity index (χ0) is 22.8. The van der Waals surface area contributed by atoms with Crippen LogP contribution in [-0.2, 0) is 24.9 Å². The van der Waals surface area contributed by atoms with E-state index in [2.05, 4.69) is 39.6 Å². The van der Waals surface area contributed by atoms with Gasteiger partial charge in [-0.15, -0.1) is 11.3 Å². The van der Waals surface area contributed by atoms with Crippen LogP contribution >= 0.6 is 11.3 Å². The SMILES string of the molecule is Cc1nn(C)c2nc(-c3cccs3)cc(C(=O)NCc3cccc(CN4CCOCC4)c3)c12. The van der Waals surface area contributed by atoms with Gasteiger partial charge >= 0.3 is 0 Å². The van der Waals surface area contributed by atoms with Crippen LogP contribution in [0.2, 0.25) is 0 Å². The fourth-order valence-corrected chi connectivity index (χ4v) is 4.99. The first-order chi connectivity index (χ1) is 16.1. The van der Waals surface area contributed by atoms with Crippen LogP contribution in [0.25, 0.3) is 21.6 Å². The lowest BCUT2D eigenvalue weighted by Crippen LogP contribution is -2.35. The topological polar surface area (TPSA) is 72.3 Å². The number of aryl methyl sites for hydroxylation is 2. The van der Waals surface area contributed by atoms with Gasteiger partial charge in [-0.25, -0.2) is 4.98 Å². The predicted octanol–water partition coefficient (Wildman–Crippen LogP) is 3.77. The second-order valence-electron chi connectivity index (χ2n) is 8.33. The summed E-state index contributed by atoms with van der Waals surface area (Å²) in [6.07, 6.45) is 0. The van der Waals surface area contributed by atoms with Crippen LogP contribution in [0, 0.1) is 6.92 Å². The number of nitrogens with zero attached hydrogens (tertiary/aromatic N) is 4. The Balaban J connectivity index is 1.37. The summed E-state index contributed by atoms with van der Waals surface area (Å²) < 4.78 is 7.19. The van der Waals surface area contributed by atoms with E-state index in [4.69, 9.17) is 9.72 Å². The van der Waals surface area contributed by atoms with E-state index >= 15 is 0 Å². The quantitative estimate of drug-likeness (QED) is 0.473. The fraction of sp³-hybridized carbons (Fsp3) is 0.320. The van der Waals surface area contributed by atoms with E-state index in [0.717, 1.165) is 65.7 Å². The largest absolute Gasteiger partial charge is 0.379 e. The van der Waals surface area contributed by atoms with Gasteiger partial charge < -0.3 is 10.1 Å². The molecule has 1 N–H and O–H groups in total. The van der Waals surface area contributed by atoms with Crippen molar-refractivity contribution in [3.8, 4) is 10.6 Å². The number of benzene rings is 1. The van der Waals surface area contributed by atoms with Gasteiger partial charge in [0.25, 0.3) is 5.91 Å². The number of fused-ring (bicyclic) bond motifs is 1. The van der Waals surface area contributed by atoms with Crippen LogP contribution in [0.5, 0.6) is 0 Å². The summed E-state index contributed by atoms with van der Waals surface area (Å²) in [4.78, 5) is 21.5. The fourth-order valence-electron chi connectivity index (χ4n) is 4.31. The van der Waals surface area contributed by atoms with E-state index in [9.17, 15) is 4.79 Å². The monoisotopic (exact) mass is 461 g/mol. The molecule has 170 valence electrons. The maximum absolute atomic E-state index is 13.3. The number of carbonyl (C=O) groups excluding carboxylic acids is 1. The van der Waals surface area contributed by atoms with E-state index in [1.54, 1.807) is 16.0 Å². The van der Waals surface area contributed by atoms with Crippen LogP contribution in [0.4, 0.5) is 0 Å². The second-order valence-corrected chi connectivity index (χ2v) is 9.28. The van der Waals surface area contributed by atoms with E-state index < -0.39 is 0 Å². The molecule has 1 amide bonds. The first kappa shape index (κ1) is 21.8. The van der Waals surface area contributed by atoms with E-state index in [0.29, 0.717) is 12.1 Å². The molecule has 0 radical (unpaired) electrons. The molecule has 4 aromatic rings. The summed E-state index contributed by atoms with van der Waals surface area (Å²) in [6.45, 7) is 6.77. The molecule has 0 spiro atoms. The molecule has 1 fully saturated rings. The number of nitrogens with one attached hydrogen (secondary N) is 1. The summed E-state index contributed by atoms with van der Waals surface area (Å²) in [5.74, 6) is -0.116. The third-order valence-corrected chi connectivity index (χ3v) is 6.83. The number of pyridine rings is 1. The third-order valence-electron chi connectivity index (χ3n) is 5.94. The van der Waals surface area contributed by atoms with Crippen molar-refractivity contribution in [1.29, 1.82) is 0 Å². The van der Waals surface area contributed by atoms with Gasteiger partial charge in [-0.05, 0) is 35.6 Å². The van der Waals surface area contributed by atoms with Crippen molar-refractivity contribution in [3.63, 3.8) is 0 Å². The standard InChI is InChI=1S/C25H27N5O2S/c1-17-23-20(14-21(22-7-4-12-33-22)27-24(23)29(2)28-17)25(31)26-15-18-5-3-6-19(13-18)16-30-8-10-32-11-9-30/h3-7,12-14H,8-11,15-16H2,1-2H3,(H,26,31). The number of rotatable bonds is 6. The smallest absolute Gasteiger partial charge is 0.252 e. The van der Waals surface area contributed by atoms with Crippen molar-refractivity contribution in [2.75, 3.05) is 26.3 Å². The van der Waals surface area contributed by atoms with Crippen LogP contribution in [0.3, 0.4) is 0 Å². The van der Waals surface area contributed by atoms with E-state index in [1.165, 1.54) is 5.56 Å². The molecule has 1 aliphatic rings. The number of ether oxygens (including phenoxy) is 1. The number of morpholine rings is 1. The molecule has 0 aliphatic carbocycles. The lowest BCUT2D eigenvalue weighted by molar-refractivity contribution is 0.0342. The zero-order valence-corrected chi connectivity index (χ0v) is 19.7. The number of aromatic nitrogens is 3. The number of amides is 1. The Kier molecular flexibility index (Phi) is 6.22. The third kappa shape index (κ3) is 4.68. The molecule has 3 aromatic heterocycles. The van der Waals surface area contributed by atoms with Gasteiger partial charge in [-0.2, -0.15) is 5.10 Å². The van der Waals surface area contributed by atoms with Crippen molar-refractivity contribution >= 4 is 28.3 Å². The van der Waals surface area contributed by atoms with Crippen molar-refractivity contribution in [1.82, 2.24) is 25.0 Å². The number of thiophene rings is 1. The highest BCUT2D eigenvalue weighted by molar-refractivity contribution is 7.13. The molecule has 0 bridgehead atoms. The van der Waals surface area contributed by atoms with Gasteiger partial charge in [0, 0.05) is 33.2 Å². The summed E-state index contributed by atoms with van der Waals surface area (Å²) >= 11 is 1.61. The molecule has 0 saturated carbocycles. The Morgan fingerprint density at radius 3 is 2.76 bits per heavy atom. The lowest BCUT2D eigenvalue weighted by atomic mass is 10.1. The minimum absolute atomic E-state index is 0.116. The highest BCUT2D eigenvalue weighted by Gasteiger charge is 2.19. The molecule has 1 saturated heterocycles. The van der Waals surface area contributed by atoms with E-state index in [1.807, 2.05) is 37.6 Å². The molecule has 33 heavy (non-hydrogen) atoms. The minimum Gasteiger partial charge on any atom is -0.379 e. The Hall–Kier alpha value is -3.07. The summed E-state index contributed by atoms with van der Waals surface area (Å²) in [6, 6.07) is 14.3. The van der Waals surface area contributed by atoms with Gasteiger partial charge in [0.2, 0.25) is 0 Å². The lowest BCUT2D eigenvalue weighted by Gasteiger charge is -2.26. The molecular weight excluding hydrogens is 434 g/mol. The van der Waals surface area contributed by atoms with E-state index in [-0.39, 0.29) is 5.91 Å². The van der Waals surface area contributed by atoms with Crippen LogP contribution in [0.1, 0.15) is 27.2 Å². The first-order valence-corrected chi connectivity index (χ1v) is 12.0. The maximum atomic E-state index is 13.3. The van der Waals surface area contributed by atoms with Crippen molar-refractivity contribution < 1.29 is 9.53 Å². The molecule has 7 nitrogen and oxygen atoms in total. The van der Waals surface area contributed by atoms with Crippen LogP contribution in [0.15, 0.2) is 47.8 Å². The van der Waals surface area contributed by atoms with Crippen molar-refractivity contribution in [2.45, 2.75) is 20.0 Å². The number of hydrogen-bond donors (Lipinski definition) is 1. The Labute approximate surface area is 197 Å². The van der Waals surface area contributed by atoms with Crippen molar-refractivity contribution in [2.24, 2.45) is 7.05 Å². The number of hydrogen-bond acceptors (Lipinski definition) is 6. The molecular formula is C25H27N5O2S.